The molecule has 5 aromatic carbocycles. The lowest BCUT2D eigenvalue weighted by atomic mass is 9.50. The maximum atomic E-state index is 11.7. The maximum Gasteiger partial charge on any atom is 0.327 e. The van der Waals surface area contributed by atoms with E-state index < -0.39 is 6.85 Å². The summed E-state index contributed by atoms with van der Waals surface area (Å²) in [6.45, 7) is 14.9. The molecule has 0 radical (unpaired) electrons. The van der Waals surface area contributed by atoms with Gasteiger partial charge < -0.3 is 8.96 Å². The molecule has 4 heterocycles. The summed E-state index contributed by atoms with van der Waals surface area (Å²) in [4.78, 5) is 14.2. The van der Waals surface area contributed by atoms with Gasteiger partial charge in [0.05, 0.1) is 23.3 Å². The smallest absolute Gasteiger partial charge is 0.327 e. The molecule has 0 aliphatic heterocycles. The fourth-order valence-electron chi connectivity index (χ4n) is 9.10. The molecular formula is C54H42B2N6. The van der Waals surface area contributed by atoms with Crippen molar-refractivity contribution in [3.63, 3.8) is 0 Å². The lowest BCUT2D eigenvalue weighted by molar-refractivity contribution is 0.809. The first-order valence-electron chi connectivity index (χ1n) is 20.9. The molecule has 0 spiro atoms. The van der Waals surface area contributed by atoms with Gasteiger partial charge in [-0.2, -0.15) is 5.26 Å². The Morgan fingerprint density at radius 1 is 0.565 bits per heavy atom. The predicted molar refractivity (Wildman–Crippen MR) is 256 cm³/mol. The number of rotatable bonds is 10. The number of benzene rings is 5. The number of hydrogen-bond donors (Lipinski definition) is 0. The van der Waals surface area contributed by atoms with Crippen molar-refractivity contribution < 1.29 is 0 Å². The second-order valence-electron chi connectivity index (χ2n) is 15.7. The lowest BCUT2D eigenvalue weighted by Crippen LogP contribution is -2.54. The minimum atomic E-state index is -0.393. The first-order valence-corrected chi connectivity index (χ1v) is 20.9. The monoisotopic (exact) mass is 796 g/mol. The highest BCUT2D eigenvalue weighted by Crippen LogP contribution is 2.36. The Balaban J connectivity index is 1.69. The third-order valence-electron chi connectivity index (χ3n) is 11.6. The van der Waals surface area contributed by atoms with Crippen LogP contribution in [0.4, 0.5) is 0 Å². The molecule has 0 aliphatic carbocycles. The van der Waals surface area contributed by atoms with Crippen LogP contribution in [0.3, 0.4) is 0 Å². The van der Waals surface area contributed by atoms with Crippen molar-refractivity contribution in [3.05, 3.63) is 239 Å². The Bertz CT molecular complexity index is 3080. The Morgan fingerprint density at radius 2 is 1.02 bits per heavy atom. The average molecular weight is 797 g/mol. The molecule has 9 aromatic rings. The topological polar surface area (TPSA) is 63.8 Å². The summed E-state index contributed by atoms with van der Waals surface area (Å²) in [7, 11) is 0. The van der Waals surface area contributed by atoms with Crippen LogP contribution in [0.2, 0.25) is 0 Å². The van der Waals surface area contributed by atoms with E-state index in [1.54, 1.807) is 12.4 Å². The molecule has 0 bridgehead atoms. The zero-order valence-corrected chi connectivity index (χ0v) is 34.9. The first-order chi connectivity index (χ1) is 30.5. The van der Waals surface area contributed by atoms with Gasteiger partial charge in [0.25, 0.3) is 0 Å². The third kappa shape index (κ3) is 7.02. The van der Waals surface area contributed by atoms with Crippen molar-refractivity contribution in [1.82, 2.24) is 18.9 Å². The van der Waals surface area contributed by atoms with Gasteiger partial charge in [0.1, 0.15) is 11.6 Å². The Morgan fingerprint density at radius 3 is 1.45 bits per heavy atom. The normalized spacial score (nSPS) is 12.1. The summed E-state index contributed by atoms with van der Waals surface area (Å²) in [5, 5.41) is 14.9. The average Bonchev–Trinajstić information content (AvgIpc) is 3.82. The molecule has 0 amide bonds. The van der Waals surface area contributed by atoms with E-state index in [1.165, 1.54) is 0 Å². The molecule has 0 N–H and O–H groups in total. The van der Waals surface area contributed by atoms with E-state index in [9.17, 15) is 5.26 Å². The molecule has 0 saturated carbocycles. The second kappa shape index (κ2) is 17.3. The molecule has 294 valence electrons. The number of aromatic nitrogens is 4. The van der Waals surface area contributed by atoms with E-state index in [0.717, 1.165) is 65.8 Å². The van der Waals surface area contributed by atoms with Crippen LogP contribution in [0.15, 0.2) is 194 Å². The molecule has 62 heavy (non-hydrogen) atoms. The van der Waals surface area contributed by atoms with Gasteiger partial charge in [-0.1, -0.05) is 193 Å². The molecule has 0 fully saturated rings. The summed E-state index contributed by atoms with van der Waals surface area (Å²) in [6.07, 6.45) is 3.50. The van der Waals surface area contributed by atoms with Gasteiger partial charge in [-0.25, -0.2) is 4.85 Å². The van der Waals surface area contributed by atoms with Crippen LogP contribution in [0, 0.1) is 24.8 Å². The van der Waals surface area contributed by atoms with E-state index in [-0.39, 0.29) is 12.8 Å². The standard InChI is InChI=1S/C54H42B2N6/c1-38(2)51-48-49(53(45(37-57)46-33-19-21-35-59-46)61(51)55(40-24-9-5-10-25-40)41-26-11-6-12-27-41)52(44-32-18-17-23-39(44)3)62(54(48)50(58-4)47-34-20-22-36-60-47)56(42-28-13-7-14-29-42)43-30-15-8-16-31-43/h5-36,38H,1-3H3/b53-45-,54-50+. The van der Waals surface area contributed by atoms with Gasteiger partial charge in [-0.3, -0.25) is 9.97 Å². The highest BCUT2D eigenvalue weighted by Gasteiger charge is 2.37. The molecule has 6 nitrogen and oxygen atoms in total. The number of nitrogens with zero attached hydrogens (tertiary/aromatic N) is 6. The van der Waals surface area contributed by atoms with E-state index in [4.69, 9.17) is 16.5 Å². The van der Waals surface area contributed by atoms with Crippen molar-refractivity contribution >= 4 is 57.6 Å². The molecule has 0 unspecified atom stereocenters. The molecular weight excluding hydrogens is 754 g/mol. The van der Waals surface area contributed by atoms with Crippen molar-refractivity contribution in [2.45, 2.75) is 26.7 Å². The highest BCUT2D eigenvalue weighted by atomic mass is 15.0. The summed E-state index contributed by atoms with van der Waals surface area (Å²) >= 11 is 0. The second-order valence-corrected chi connectivity index (χ2v) is 15.7. The highest BCUT2D eigenvalue weighted by molar-refractivity contribution is 6.85. The van der Waals surface area contributed by atoms with Crippen molar-refractivity contribution in [2.24, 2.45) is 0 Å². The van der Waals surface area contributed by atoms with E-state index >= 15 is 0 Å². The molecule has 0 aliphatic rings. The molecule has 0 saturated heterocycles. The summed E-state index contributed by atoms with van der Waals surface area (Å²) in [5.74, 6) is -0.0909. The van der Waals surface area contributed by atoms with Crippen LogP contribution in [-0.4, -0.2) is 32.6 Å². The Kier molecular flexibility index (Phi) is 11.1. The summed E-state index contributed by atoms with van der Waals surface area (Å²) < 4.78 is 4.77. The van der Waals surface area contributed by atoms with E-state index in [2.05, 4.69) is 162 Å². The van der Waals surface area contributed by atoms with Gasteiger partial charge in [0, 0.05) is 45.5 Å². The minimum absolute atomic E-state index is 0.0909. The van der Waals surface area contributed by atoms with Gasteiger partial charge in [0.2, 0.25) is 5.70 Å². The molecule has 0 atom stereocenters. The summed E-state index contributed by atoms with van der Waals surface area (Å²) in [5.41, 5.74) is 10.2. The first kappa shape index (κ1) is 39.5. The number of hydrogen-bond acceptors (Lipinski definition) is 3. The van der Waals surface area contributed by atoms with E-state index in [1.807, 2.05) is 60.7 Å². The van der Waals surface area contributed by atoms with Crippen LogP contribution >= 0.6 is 0 Å². The molecule has 8 heteroatoms. The number of nitriles is 1. The number of fused-ring (bicyclic) bond motifs is 1. The van der Waals surface area contributed by atoms with E-state index in [0.29, 0.717) is 22.7 Å². The Hall–Kier alpha value is -7.93. The van der Waals surface area contributed by atoms with Crippen LogP contribution < -0.4 is 32.5 Å². The minimum Gasteiger partial charge on any atom is -0.384 e. The fourth-order valence-corrected chi connectivity index (χ4v) is 9.10. The maximum absolute atomic E-state index is 11.7. The molecule has 9 rings (SSSR count). The number of aryl methyl sites for hydroxylation is 1. The van der Waals surface area contributed by atoms with Gasteiger partial charge in [0.15, 0.2) is 0 Å². The van der Waals surface area contributed by atoms with Crippen molar-refractivity contribution in [1.29, 1.82) is 5.26 Å². The SMILES string of the molecule is [C-]#[N+]/C(c1ccccn1)=c1\c2c(C(C)C)n(B(c3ccccc3)c3ccccc3)/c(=C(/C#N)c3ccccn3)c2c(-c2ccccc2C)n1B(c1ccccc1)c1ccccc1. The third-order valence-corrected chi connectivity index (χ3v) is 11.6. The van der Waals surface area contributed by atoms with Crippen LogP contribution in [-0.2, 0) is 0 Å². The number of pyridine rings is 2. The van der Waals surface area contributed by atoms with Gasteiger partial charge in [-0.05, 0) is 42.7 Å². The molecule has 4 aromatic heterocycles. The zero-order chi connectivity index (χ0) is 42.6. The van der Waals surface area contributed by atoms with Crippen LogP contribution in [0.5, 0.6) is 0 Å². The lowest BCUT2D eigenvalue weighted by Gasteiger charge is -2.25. The van der Waals surface area contributed by atoms with Crippen molar-refractivity contribution in [3.8, 4) is 17.3 Å². The fraction of sp³-hybridized carbons (Fsp3) is 0.0741. The Labute approximate surface area is 363 Å². The van der Waals surface area contributed by atoms with Crippen LogP contribution in [0.25, 0.3) is 38.1 Å². The quantitative estimate of drug-likeness (QED) is 0.107. The van der Waals surface area contributed by atoms with Gasteiger partial charge >= 0.3 is 13.7 Å². The zero-order valence-electron chi connectivity index (χ0n) is 34.9. The van der Waals surface area contributed by atoms with Crippen molar-refractivity contribution in [2.75, 3.05) is 0 Å². The van der Waals surface area contributed by atoms with Crippen LogP contribution in [0.1, 0.15) is 42.4 Å². The summed E-state index contributed by atoms with van der Waals surface area (Å²) in [6, 6.07) is 64.7. The predicted octanol–water partition coefficient (Wildman–Crippen LogP) is 7.44. The largest absolute Gasteiger partial charge is 0.384 e. The van der Waals surface area contributed by atoms with Gasteiger partial charge in [-0.15, -0.1) is 0 Å².